The Labute approximate surface area is 160 Å². The molecule has 2 N–H and O–H groups in total. The monoisotopic (exact) mass is 396 g/mol. The summed E-state index contributed by atoms with van der Waals surface area (Å²) < 4.78 is 43.5. The van der Waals surface area contributed by atoms with Gasteiger partial charge in [0.05, 0.1) is 5.56 Å². The fraction of sp³-hybridized carbons (Fsp3) is 0.526. The Morgan fingerprint density at radius 3 is 2.75 bits per heavy atom. The van der Waals surface area contributed by atoms with Crippen LogP contribution in [0.4, 0.5) is 18.0 Å². The summed E-state index contributed by atoms with van der Waals surface area (Å²) in [5.74, 6) is 1.29. The summed E-state index contributed by atoms with van der Waals surface area (Å²) in [5, 5.41) is 9.23. The third-order valence-corrected chi connectivity index (χ3v) is 4.85. The molecule has 2 aromatic rings. The number of urea groups is 1. The highest BCUT2D eigenvalue weighted by Gasteiger charge is 2.30. The van der Waals surface area contributed by atoms with Gasteiger partial charge >= 0.3 is 12.2 Å². The van der Waals surface area contributed by atoms with Gasteiger partial charge in [-0.15, -0.1) is 0 Å². The van der Waals surface area contributed by atoms with Gasteiger partial charge in [0.2, 0.25) is 5.89 Å². The third-order valence-electron chi connectivity index (χ3n) is 4.85. The van der Waals surface area contributed by atoms with Crippen molar-refractivity contribution in [3.8, 4) is 0 Å². The van der Waals surface area contributed by atoms with Crippen molar-refractivity contribution in [3.05, 3.63) is 47.1 Å². The first-order valence-electron chi connectivity index (χ1n) is 9.37. The summed E-state index contributed by atoms with van der Waals surface area (Å²) in [6.45, 7) is 1.68. The lowest BCUT2D eigenvalue weighted by Gasteiger charge is -2.17. The average molecular weight is 396 g/mol. The van der Waals surface area contributed by atoms with E-state index in [1.807, 2.05) is 0 Å². The number of hydrogen-bond donors (Lipinski definition) is 2. The summed E-state index contributed by atoms with van der Waals surface area (Å²) in [6.07, 6.45) is 1.20. The second kappa shape index (κ2) is 8.62. The number of nitrogens with one attached hydrogen (secondary N) is 2. The van der Waals surface area contributed by atoms with E-state index < -0.39 is 23.8 Å². The molecule has 2 amide bonds. The summed E-state index contributed by atoms with van der Waals surface area (Å²) >= 11 is 0. The molecule has 1 heterocycles. The van der Waals surface area contributed by atoms with Crippen molar-refractivity contribution in [2.24, 2.45) is 0 Å². The molecule has 1 aliphatic carbocycles. The van der Waals surface area contributed by atoms with E-state index >= 15 is 0 Å². The predicted octanol–water partition coefficient (Wildman–Crippen LogP) is 4.70. The fourth-order valence-corrected chi connectivity index (χ4v) is 3.30. The lowest BCUT2D eigenvalue weighted by molar-refractivity contribution is -0.137. The summed E-state index contributed by atoms with van der Waals surface area (Å²) in [5.41, 5.74) is -0.392. The van der Waals surface area contributed by atoms with Crippen LogP contribution >= 0.6 is 0 Å². The molecule has 0 radical (unpaired) electrons. The minimum absolute atomic E-state index is 0.0281. The van der Waals surface area contributed by atoms with Gasteiger partial charge in [0.25, 0.3) is 0 Å². The normalized spacial score (nSPS) is 16.6. The molecular weight excluding hydrogens is 373 g/mol. The minimum atomic E-state index is -4.42. The number of carbonyl (C=O) groups excluding carboxylic acids is 1. The van der Waals surface area contributed by atoms with Crippen LogP contribution in [0.25, 0.3) is 0 Å². The van der Waals surface area contributed by atoms with Crippen molar-refractivity contribution >= 4 is 6.03 Å². The Kier molecular flexibility index (Phi) is 6.21. The molecule has 6 nitrogen and oxygen atoms in total. The number of aromatic nitrogens is 2. The molecule has 0 spiro atoms. The van der Waals surface area contributed by atoms with E-state index in [1.54, 1.807) is 6.92 Å². The van der Waals surface area contributed by atoms with Crippen LogP contribution in [0.5, 0.6) is 0 Å². The number of hydrogen-bond acceptors (Lipinski definition) is 4. The standard InChI is InChI=1S/C19H23F3N4O2/c1-12(17-25-16(26-28-17)14-7-3-2-4-8-14)24-18(27)23-11-13-6-5-9-15(10-13)19(20,21)22/h5-6,9-10,12,14H,2-4,7-8,11H2,1H3,(H2,23,24,27). The number of alkyl halides is 3. The number of amides is 2. The van der Waals surface area contributed by atoms with E-state index in [1.165, 1.54) is 18.6 Å². The average Bonchev–Trinajstić information content (AvgIpc) is 3.17. The number of benzene rings is 1. The van der Waals surface area contributed by atoms with E-state index in [0.29, 0.717) is 23.2 Å². The molecule has 9 heteroatoms. The largest absolute Gasteiger partial charge is 0.416 e. The van der Waals surface area contributed by atoms with Crippen LogP contribution < -0.4 is 10.6 Å². The molecule has 152 valence electrons. The van der Waals surface area contributed by atoms with Crippen LogP contribution in [0.3, 0.4) is 0 Å². The zero-order valence-electron chi connectivity index (χ0n) is 15.6. The topological polar surface area (TPSA) is 80.0 Å². The molecule has 1 atom stereocenters. The smallest absolute Gasteiger partial charge is 0.337 e. The molecule has 0 aliphatic heterocycles. The highest BCUT2D eigenvalue weighted by Crippen LogP contribution is 2.31. The van der Waals surface area contributed by atoms with Gasteiger partial charge in [0.1, 0.15) is 6.04 Å². The summed E-state index contributed by atoms with van der Waals surface area (Å²) in [6, 6.07) is 3.80. The first kappa shape index (κ1) is 20.2. The van der Waals surface area contributed by atoms with Gasteiger partial charge in [-0.2, -0.15) is 18.2 Å². The van der Waals surface area contributed by atoms with Gasteiger partial charge in [-0.1, -0.05) is 36.6 Å². The van der Waals surface area contributed by atoms with Gasteiger partial charge in [0, 0.05) is 12.5 Å². The van der Waals surface area contributed by atoms with Crippen molar-refractivity contribution in [1.82, 2.24) is 20.8 Å². The molecule has 1 aromatic heterocycles. The lowest BCUT2D eigenvalue weighted by Crippen LogP contribution is -2.36. The van der Waals surface area contributed by atoms with Gasteiger partial charge in [0.15, 0.2) is 5.82 Å². The van der Waals surface area contributed by atoms with E-state index in [-0.39, 0.29) is 6.54 Å². The van der Waals surface area contributed by atoms with E-state index in [0.717, 1.165) is 37.8 Å². The molecule has 1 fully saturated rings. The van der Waals surface area contributed by atoms with E-state index in [4.69, 9.17) is 4.52 Å². The number of nitrogens with zero attached hydrogens (tertiary/aromatic N) is 2. The Morgan fingerprint density at radius 2 is 2.04 bits per heavy atom. The molecule has 28 heavy (non-hydrogen) atoms. The molecule has 1 unspecified atom stereocenters. The van der Waals surface area contributed by atoms with E-state index in [9.17, 15) is 18.0 Å². The van der Waals surface area contributed by atoms with Crippen LogP contribution in [-0.2, 0) is 12.7 Å². The van der Waals surface area contributed by atoms with E-state index in [2.05, 4.69) is 20.8 Å². The first-order valence-corrected chi connectivity index (χ1v) is 9.37. The van der Waals surface area contributed by atoms with Crippen LogP contribution in [0.2, 0.25) is 0 Å². The lowest BCUT2D eigenvalue weighted by atomic mass is 9.89. The molecule has 1 saturated carbocycles. The van der Waals surface area contributed by atoms with Crippen molar-refractivity contribution in [2.75, 3.05) is 0 Å². The van der Waals surface area contributed by atoms with Crippen LogP contribution in [0, 0.1) is 0 Å². The van der Waals surface area contributed by atoms with Crippen LogP contribution in [0.15, 0.2) is 28.8 Å². The van der Waals surface area contributed by atoms with Crippen LogP contribution in [0.1, 0.15) is 73.8 Å². The predicted molar refractivity (Wildman–Crippen MR) is 95.4 cm³/mol. The molecule has 3 rings (SSSR count). The highest BCUT2D eigenvalue weighted by molar-refractivity contribution is 5.74. The van der Waals surface area contributed by atoms with Gasteiger partial charge in [-0.3, -0.25) is 0 Å². The molecule has 0 saturated heterocycles. The zero-order chi connectivity index (χ0) is 20.1. The van der Waals surface area contributed by atoms with Gasteiger partial charge < -0.3 is 15.2 Å². The Hall–Kier alpha value is -2.58. The highest BCUT2D eigenvalue weighted by atomic mass is 19.4. The Morgan fingerprint density at radius 1 is 1.29 bits per heavy atom. The Balaban J connectivity index is 1.51. The SMILES string of the molecule is CC(NC(=O)NCc1cccc(C(F)(F)F)c1)c1nc(C2CCCCC2)no1. The van der Waals surface area contributed by atoms with Crippen molar-refractivity contribution in [3.63, 3.8) is 0 Å². The molecule has 1 aliphatic rings. The fourth-order valence-electron chi connectivity index (χ4n) is 3.30. The van der Waals surface area contributed by atoms with Crippen molar-refractivity contribution < 1.29 is 22.5 Å². The van der Waals surface area contributed by atoms with Crippen molar-refractivity contribution in [1.29, 1.82) is 0 Å². The van der Waals surface area contributed by atoms with Crippen LogP contribution in [-0.4, -0.2) is 16.2 Å². The third kappa shape index (κ3) is 5.24. The van der Waals surface area contributed by atoms with Crippen molar-refractivity contribution in [2.45, 2.75) is 63.7 Å². The summed E-state index contributed by atoms with van der Waals surface area (Å²) in [7, 11) is 0. The quantitative estimate of drug-likeness (QED) is 0.768. The second-order valence-corrected chi connectivity index (χ2v) is 7.07. The summed E-state index contributed by atoms with van der Waals surface area (Å²) in [4.78, 5) is 16.5. The maximum absolute atomic E-state index is 12.7. The zero-order valence-corrected chi connectivity index (χ0v) is 15.6. The maximum atomic E-state index is 12.7. The molecule has 1 aromatic carbocycles. The first-order chi connectivity index (χ1) is 13.3. The number of halogens is 3. The number of carbonyl (C=O) groups is 1. The van der Waals surface area contributed by atoms with Gasteiger partial charge in [-0.25, -0.2) is 4.79 Å². The molecular formula is C19H23F3N4O2. The van der Waals surface area contributed by atoms with Gasteiger partial charge in [-0.05, 0) is 37.5 Å². The molecule has 0 bridgehead atoms. The second-order valence-electron chi connectivity index (χ2n) is 7.07. The number of rotatable bonds is 5. The minimum Gasteiger partial charge on any atom is -0.337 e. The Bertz CT molecular complexity index is 800. The maximum Gasteiger partial charge on any atom is 0.416 e.